The van der Waals surface area contributed by atoms with E-state index >= 15 is 0 Å². The van der Waals surface area contributed by atoms with Gasteiger partial charge < -0.3 is 10.2 Å². The summed E-state index contributed by atoms with van der Waals surface area (Å²) in [6.07, 6.45) is 8.74. The van der Waals surface area contributed by atoms with Crippen LogP contribution in [0, 0.1) is 5.41 Å². The maximum absolute atomic E-state index is 3.54. The van der Waals surface area contributed by atoms with Gasteiger partial charge in [0, 0.05) is 36.7 Å². The number of nitrogens with one attached hydrogen (secondary N) is 1. The Morgan fingerprint density at radius 3 is 2.72 bits per heavy atom. The van der Waals surface area contributed by atoms with Crippen molar-refractivity contribution in [3.05, 3.63) is 0 Å². The summed E-state index contributed by atoms with van der Waals surface area (Å²) < 4.78 is 0.638. The maximum Gasteiger partial charge on any atom is 0.0287 e. The molecule has 2 saturated heterocycles. The molecule has 0 radical (unpaired) electrons. The third-order valence-electron chi connectivity index (χ3n) is 5.15. The van der Waals surface area contributed by atoms with Crippen LogP contribution < -0.4 is 5.32 Å². The molecule has 1 spiro atoms. The second-order valence-corrected chi connectivity index (χ2v) is 8.60. The standard InChI is InChI=1S/C15H28N2S/c1-14(7-8-16-11-14)12-17-9-10-18-15(13-17)5-3-2-4-6-15/h16H,2-13H2,1H3. The van der Waals surface area contributed by atoms with E-state index in [-0.39, 0.29) is 0 Å². The normalized spacial score (nSPS) is 37.2. The highest BCUT2D eigenvalue weighted by molar-refractivity contribution is 8.00. The van der Waals surface area contributed by atoms with Crippen molar-refractivity contribution in [1.29, 1.82) is 0 Å². The van der Waals surface area contributed by atoms with Crippen molar-refractivity contribution in [3.63, 3.8) is 0 Å². The van der Waals surface area contributed by atoms with Gasteiger partial charge >= 0.3 is 0 Å². The van der Waals surface area contributed by atoms with Crippen molar-refractivity contribution in [2.45, 2.75) is 50.2 Å². The van der Waals surface area contributed by atoms with Crippen LogP contribution in [0.5, 0.6) is 0 Å². The van der Waals surface area contributed by atoms with E-state index in [1.807, 2.05) is 0 Å². The average Bonchev–Trinajstić information content (AvgIpc) is 2.77. The SMILES string of the molecule is CC1(CN2CCSC3(CCCCC3)C2)CCNC1. The minimum Gasteiger partial charge on any atom is -0.316 e. The number of nitrogens with zero attached hydrogens (tertiary/aromatic N) is 1. The quantitative estimate of drug-likeness (QED) is 0.829. The first-order valence-corrected chi connectivity index (χ1v) is 8.76. The Morgan fingerprint density at radius 2 is 2.00 bits per heavy atom. The van der Waals surface area contributed by atoms with Gasteiger partial charge in [0.05, 0.1) is 0 Å². The van der Waals surface area contributed by atoms with Gasteiger partial charge in [-0.05, 0) is 31.2 Å². The fourth-order valence-electron chi connectivity index (χ4n) is 4.10. The molecule has 3 fully saturated rings. The lowest BCUT2D eigenvalue weighted by Gasteiger charge is -2.46. The fourth-order valence-corrected chi connectivity index (χ4v) is 5.73. The van der Waals surface area contributed by atoms with Crippen molar-refractivity contribution in [2.75, 3.05) is 38.5 Å². The molecule has 2 heterocycles. The van der Waals surface area contributed by atoms with Crippen LogP contribution in [0.25, 0.3) is 0 Å². The van der Waals surface area contributed by atoms with Crippen LogP contribution in [0.2, 0.25) is 0 Å². The van der Waals surface area contributed by atoms with Gasteiger partial charge in [-0.25, -0.2) is 0 Å². The van der Waals surface area contributed by atoms with Crippen LogP contribution in [-0.2, 0) is 0 Å². The third kappa shape index (κ3) is 2.88. The largest absolute Gasteiger partial charge is 0.316 e. The van der Waals surface area contributed by atoms with E-state index in [0.717, 1.165) is 0 Å². The smallest absolute Gasteiger partial charge is 0.0287 e. The molecule has 3 heteroatoms. The van der Waals surface area contributed by atoms with E-state index < -0.39 is 0 Å². The molecular formula is C15H28N2S. The van der Waals surface area contributed by atoms with E-state index in [1.165, 1.54) is 77.0 Å². The van der Waals surface area contributed by atoms with Gasteiger partial charge in [0.15, 0.2) is 0 Å². The minimum atomic E-state index is 0.540. The van der Waals surface area contributed by atoms with E-state index in [0.29, 0.717) is 10.2 Å². The highest BCUT2D eigenvalue weighted by Gasteiger charge is 2.39. The Hall–Kier alpha value is 0.270. The predicted molar refractivity (Wildman–Crippen MR) is 80.3 cm³/mol. The van der Waals surface area contributed by atoms with E-state index in [4.69, 9.17) is 0 Å². The number of thioether (sulfide) groups is 1. The Kier molecular flexibility index (Phi) is 3.93. The van der Waals surface area contributed by atoms with Crippen molar-refractivity contribution >= 4 is 11.8 Å². The molecule has 0 bridgehead atoms. The van der Waals surface area contributed by atoms with Gasteiger partial charge in [-0.2, -0.15) is 11.8 Å². The van der Waals surface area contributed by atoms with Crippen molar-refractivity contribution in [1.82, 2.24) is 10.2 Å². The topological polar surface area (TPSA) is 15.3 Å². The van der Waals surface area contributed by atoms with Crippen LogP contribution in [0.4, 0.5) is 0 Å². The van der Waals surface area contributed by atoms with E-state index in [2.05, 4.69) is 28.9 Å². The van der Waals surface area contributed by atoms with Crippen LogP contribution in [0.3, 0.4) is 0 Å². The van der Waals surface area contributed by atoms with Gasteiger partial charge in [0.1, 0.15) is 0 Å². The zero-order chi connectivity index (χ0) is 12.5. The van der Waals surface area contributed by atoms with Gasteiger partial charge in [-0.15, -0.1) is 0 Å². The molecule has 2 nitrogen and oxygen atoms in total. The summed E-state index contributed by atoms with van der Waals surface area (Å²) in [7, 11) is 0. The maximum atomic E-state index is 3.54. The van der Waals surface area contributed by atoms with Gasteiger partial charge in [0.25, 0.3) is 0 Å². The molecule has 0 aromatic heterocycles. The van der Waals surface area contributed by atoms with Crippen LogP contribution in [-0.4, -0.2) is 48.1 Å². The summed E-state index contributed by atoms with van der Waals surface area (Å²) in [6, 6.07) is 0. The summed E-state index contributed by atoms with van der Waals surface area (Å²) in [6.45, 7) is 8.94. The Labute approximate surface area is 116 Å². The van der Waals surface area contributed by atoms with Crippen molar-refractivity contribution < 1.29 is 0 Å². The van der Waals surface area contributed by atoms with Crippen molar-refractivity contribution in [2.24, 2.45) is 5.41 Å². The number of rotatable bonds is 2. The van der Waals surface area contributed by atoms with Gasteiger partial charge in [0.2, 0.25) is 0 Å². The lowest BCUT2D eigenvalue weighted by atomic mass is 9.85. The molecule has 104 valence electrons. The van der Waals surface area contributed by atoms with E-state index in [9.17, 15) is 0 Å². The van der Waals surface area contributed by atoms with Crippen LogP contribution in [0.1, 0.15) is 45.4 Å². The molecule has 0 amide bonds. The molecule has 1 unspecified atom stereocenters. The van der Waals surface area contributed by atoms with Gasteiger partial charge in [-0.1, -0.05) is 26.2 Å². The second-order valence-electron chi connectivity index (χ2n) is 7.04. The highest BCUT2D eigenvalue weighted by Crippen LogP contribution is 2.43. The summed E-state index contributed by atoms with van der Waals surface area (Å²) >= 11 is 2.29. The first-order chi connectivity index (χ1) is 8.70. The van der Waals surface area contributed by atoms with Crippen LogP contribution >= 0.6 is 11.8 Å². The molecule has 18 heavy (non-hydrogen) atoms. The first-order valence-electron chi connectivity index (χ1n) is 7.77. The molecule has 1 atom stereocenters. The minimum absolute atomic E-state index is 0.540. The number of hydrogen-bond acceptors (Lipinski definition) is 3. The predicted octanol–water partition coefficient (Wildman–Crippen LogP) is 2.74. The molecule has 1 aliphatic carbocycles. The molecule has 1 N–H and O–H groups in total. The lowest BCUT2D eigenvalue weighted by Crippen LogP contribution is -2.50. The zero-order valence-electron chi connectivity index (χ0n) is 11.8. The molecule has 3 rings (SSSR count). The molecule has 0 aromatic carbocycles. The zero-order valence-corrected chi connectivity index (χ0v) is 12.7. The van der Waals surface area contributed by atoms with E-state index in [1.54, 1.807) is 0 Å². The second kappa shape index (κ2) is 5.34. The summed E-state index contributed by atoms with van der Waals surface area (Å²) in [4.78, 5) is 2.79. The molecule has 0 aromatic rings. The summed E-state index contributed by atoms with van der Waals surface area (Å²) in [5.41, 5.74) is 0.540. The molecule has 2 aliphatic heterocycles. The Morgan fingerprint density at radius 1 is 1.17 bits per heavy atom. The summed E-state index contributed by atoms with van der Waals surface area (Å²) in [5, 5.41) is 3.54. The summed E-state index contributed by atoms with van der Waals surface area (Å²) in [5.74, 6) is 1.36. The highest BCUT2D eigenvalue weighted by atomic mass is 32.2. The Bertz CT molecular complexity index is 275. The molecule has 3 aliphatic rings. The average molecular weight is 268 g/mol. The fraction of sp³-hybridized carbons (Fsp3) is 1.00. The lowest BCUT2D eigenvalue weighted by molar-refractivity contribution is 0.153. The molecule has 1 saturated carbocycles. The van der Waals surface area contributed by atoms with Crippen LogP contribution in [0.15, 0.2) is 0 Å². The van der Waals surface area contributed by atoms with Crippen molar-refractivity contribution in [3.8, 4) is 0 Å². The molecular weight excluding hydrogens is 240 g/mol. The first kappa shape index (κ1) is 13.3. The Balaban J connectivity index is 1.59. The monoisotopic (exact) mass is 268 g/mol. The van der Waals surface area contributed by atoms with Gasteiger partial charge in [-0.3, -0.25) is 0 Å². The third-order valence-corrected chi connectivity index (χ3v) is 6.69. The number of hydrogen-bond donors (Lipinski definition) is 1.